The number of rotatable bonds is 5. The minimum Gasteiger partial charge on any atom is -0.483 e. The number of fused-ring (bicyclic) bond motifs is 1. The number of amides is 1. The molecule has 3 rings (SSSR count). The number of para-hydroxylation sites is 1. The highest BCUT2D eigenvalue weighted by atomic mass is 16.5. The molecule has 0 saturated carbocycles. The lowest BCUT2D eigenvalue weighted by Gasteiger charge is -2.37. The smallest absolute Gasteiger partial charge is 0.258 e. The van der Waals surface area contributed by atoms with Gasteiger partial charge in [-0.05, 0) is 41.5 Å². The van der Waals surface area contributed by atoms with E-state index in [9.17, 15) is 9.59 Å². The quantitative estimate of drug-likeness (QED) is 0.844. The van der Waals surface area contributed by atoms with Crippen molar-refractivity contribution in [2.45, 2.75) is 38.1 Å². The van der Waals surface area contributed by atoms with E-state index in [1.807, 2.05) is 12.1 Å². The van der Waals surface area contributed by atoms with Crippen molar-refractivity contribution in [3.63, 3.8) is 0 Å². The fourth-order valence-corrected chi connectivity index (χ4v) is 3.45. The van der Waals surface area contributed by atoms with Gasteiger partial charge in [0.2, 0.25) is 0 Å². The first-order chi connectivity index (χ1) is 12.0. The second-order valence-corrected chi connectivity index (χ2v) is 7.07. The van der Waals surface area contributed by atoms with Crippen LogP contribution < -0.4 is 10.1 Å². The number of benzene rings is 2. The number of carbonyl (C=O) groups excluding carboxylic acids is 2. The number of aldehydes is 1. The number of hydrogen-bond acceptors (Lipinski definition) is 3. The first-order valence-electron chi connectivity index (χ1n) is 8.57. The van der Waals surface area contributed by atoms with Crippen molar-refractivity contribution < 1.29 is 14.3 Å². The first-order valence-corrected chi connectivity index (χ1v) is 8.57. The molecule has 1 unspecified atom stereocenters. The van der Waals surface area contributed by atoms with Crippen molar-refractivity contribution in [3.8, 4) is 5.75 Å². The Bertz CT molecular complexity index is 782. The third-order valence-electron chi connectivity index (χ3n) is 4.86. The maximum absolute atomic E-state index is 12.3. The van der Waals surface area contributed by atoms with Gasteiger partial charge in [0.1, 0.15) is 5.75 Å². The molecule has 2 aromatic rings. The maximum atomic E-state index is 12.3. The van der Waals surface area contributed by atoms with E-state index in [1.54, 1.807) is 24.3 Å². The summed E-state index contributed by atoms with van der Waals surface area (Å²) in [4.78, 5) is 23.3. The van der Waals surface area contributed by atoms with Gasteiger partial charge in [0, 0.05) is 0 Å². The topological polar surface area (TPSA) is 55.4 Å². The van der Waals surface area contributed by atoms with Gasteiger partial charge < -0.3 is 10.1 Å². The van der Waals surface area contributed by atoms with Crippen LogP contribution in [0, 0.1) is 0 Å². The van der Waals surface area contributed by atoms with Crippen molar-refractivity contribution >= 4 is 12.2 Å². The molecule has 130 valence electrons. The van der Waals surface area contributed by atoms with Gasteiger partial charge in [0.25, 0.3) is 5.91 Å². The third kappa shape index (κ3) is 3.73. The van der Waals surface area contributed by atoms with Crippen LogP contribution in [0.1, 0.15) is 54.2 Å². The van der Waals surface area contributed by atoms with Gasteiger partial charge in [-0.25, -0.2) is 0 Å². The van der Waals surface area contributed by atoms with Crippen LogP contribution in [0.25, 0.3) is 0 Å². The minimum atomic E-state index is -0.180. The number of nitrogens with one attached hydrogen (secondary N) is 1. The van der Waals surface area contributed by atoms with Crippen molar-refractivity contribution in [1.29, 1.82) is 0 Å². The van der Waals surface area contributed by atoms with Crippen molar-refractivity contribution in [1.82, 2.24) is 5.32 Å². The Kier molecular flexibility index (Phi) is 4.88. The molecule has 0 fully saturated rings. The van der Waals surface area contributed by atoms with Crippen LogP contribution in [-0.2, 0) is 10.2 Å². The highest BCUT2D eigenvalue weighted by Gasteiger charge is 2.32. The average molecular weight is 337 g/mol. The zero-order chi connectivity index (χ0) is 17.9. The van der Waals surface area contributed by atoms with Gasteiger partial charge in [-0.3, -0.25) is 9.59 Å². The predicted molar refractivity (Wildman–Crippen MR) is 96.9 cm³/mol. The standard InChI is InChI=1S/C21H23NO3/c1-21(2)12-11-18(16-8-4-5-9-17(16)21)22-20(24)14-25-19-10-6-3-7-15(19)13-23/h3-10,13,18H,11-12,14H2,1-2H3,(H,22,24). The summed E-state index contributed by atoms with van der Waals surface area (Å²) < 4.78 is 5.52. The second-order valence-electron chi connectivity index (χ2n) is 7.07. The van der Waals surface area contributed by atoms with E-state index in [1.165, 1.54) is 11.1 Å². The molecule has 1 aliphatic carbocycles. The highest BCUT2D eigenvalue weighted by molar-refractivity contribution is 5.81. The lowest BCUT2D eigenvalue weighted by molar-refractivity contribution is -0.124. The molecule has 0 radical (unpaired) electrons. The molecule has 0 spiro atoms. The zero-order valence-electron chi connectivity index (χ0n) is 14.6. The largest absolute Gasteiger partial charge is 0.483 e. The summed E-state index contributed by atoms with van der Waals surface area (Å²) in [7, 11) is 0. The molecule has 4 nitrogen and oxygen atoms in total. The number of ether oxygens (including phenoxy) is 1. The summed E-state index contributed by atoms with van der Waals surface area (Å²) >= 11 is 0. The predicted octanol–water partition coefficient (Wildman–Crippen LogP) is 3.81. The van der Waals surface area contributed by atoms with Crippen molar-refractivity contribution in [2.75, 3.05) is 6.61 Å². The Morgan fingerprint density at radius 1 is 1.20 bits per heavy atom. The molecular weight excluding hydrogens is 314 g/mol. The van der Waals surface area contributed by atoms with E-state index in [4.69, 9.17) is 4.74 Å². The number of hydrogen-bond donors (Lipinski definition) is 1. The molecule has 1 N–H and O–H groups in total. The summed E-state index contributed by atoms with van der Waals surface area (Å²) in [5.41, 5.74) is 3.04. The molecule has 0 bridgehead atoms. The van der Waals surface area contributed by atoms with E-state index >= 15 is 0 Å². The van der Waals surface area contributed by atoms with Crippen LogP contribution >= 0.6 is 0 Å². The molecule has 1 atom stereocenters. The van der Waals surface area contributed by atoms with E-state index in [0.29, 0.717) is 11.3 Å². The monoisotopic (exact) mass is 337 g/mol. The Morgan fingerprint density at radius 3 is 2.72 bits per heavy atom. The molecule has 2 aromatic carbocycles. The van der Waals surface area contributed by atoms with E-state index < -0.39 is 0 Å². The lowest BCUT2D eigenvalue weighted by atomic mass is 9.71. The lowest BCUT2D eigenvalue weighted by Crippen LogP contribution is -2.37. The van der Waals surface area contributed by atoms with E-state index in [2.05, 4.69) is 31.3 Å². The van der Waals surface area contributed by atoms with Crippen molar-refractivity contribution in [3.05, 3.63) is 65.2 Å². The molecule has 1 amide bonds. The van der Waals surface area contributed by atoms with Gasteiger partial charge in [-0.1, -0.05) is 50.2 Å². The highest BCUT2D eigenvalue weighted by Crippen LogP contribution is 2.41. The van der Waals surface area contributed by atoms with E-state index in [-0.39, 0.29) is 24.0 Å². The molecular formula is C21H23NO3. The van der Waals surface area contributed by atoms with Crippen LogP contribution in [0.3, 0.4) is 0 Å². The van der Waals surface area contributed by atoms with Crippen LogP contribution in [0.4, 0.5) is 0 Å². The average Bonchev–Trinajstić information content (AvgIpc) is 2.63. The van der Waals surface area contributed by atoms with Crippen LogP contribution in [-0.4, -0.2) is 18.8 Å². The second kappa shape index (κ2) is 7.09. The molecule has 0 heterocycles. The Labute approximate surface area is 148 Å². The Hall–Kier alpha value is -2.62. The number of carbonyl (C=O) groups is 2. The van der Waals surface area contributed by atoms with Crippen molar-refractivity contribution in [2.24, 2.45) is 0 Å². The summed E-state index contributed by atoms with van der Waals surface area (Å²) in [5.74, 6) is 0.248. The Balaban J connectivity index is 1.67. The van der Waals surface area contributed by atoms with Gasteiger partial charge in [0.15, 0.2) is 12.9 Å². The summed E-state index contributed by atoms with van der Waals surface area (Å²) in [6.45, 7) is 4.37. The van der Waals surface area contributed by atoms with Gasteiger partial charge in [-0.15, -0.1) is 0 Å². The van der Waals surface area contributed by atoms with E-state index in [0.717, 1.165) is 19.1 Å². The van der Waals surface area contributed by atoms with Crippen LogP contribution in [0.15, 0.2) is 48.5 Å². The van der Waals surface area contributed by atoms with Crippen LogP contribution in [0.2, 0.25) is 0 Å². The molecule has 0 aliphatic heterocycles. The summed E-state index contributed by atoms with van der Waals surface area (Å²) in [6.07, 6.45) is 2.65. The molecule has 0 saturated heterocycles. The first kappa shape index (κ1) is 17.2. The SMILES string of the molecule is CC1(C)CCC(NC(=O)COc2ccccc2C=O)c2ccccc21. The molecule has 25 heavy (non-hydrogen) atoms. The normalized spacial score (nSPS) is 18.1. The minimum absolute atomic E-state index is 0.00152. The third-order valence-corrected chi connectivity index (χ3v) is 4.86. The summed E-state index contributed by atoms with van der Waals surface area (Å²) in [6, 6.07) is 15.2. The zero-order valence-corrected chi connectivity index (χ0v) is 14.6. The summed E-state index contributed by atoms with van der Waals surface area (Å²) in [5, 5.41) is 3.07. The van der Waals surface area contributed by atoms with Gasteiger partial charge in [-0.2, -0.15) is 0 Å². The van der Waals surface area contributed by atoms with Gasteiger partial charge in [0.05, 0.1) is 11.6 Å². The maximum Gasteiger partial charge on any atom is 0.258 e. The molecule has 1 aliphatic rings. The fraction of sp³-hybridized carbons (Fsp3) is 0.333. The molecule has 0 aromatic heterocycles. The Morgan fingerprint density at radius 2 is 1.92 bits per heavy atom. The fourth-order valence-electron chi connectivity index (χ4n) is 3.45. The van der Waals surface area contributed by atoms with Gasteiger partial charge >= 0.3 is 0 Å². The van der Waals surface area contributed by atoms with Crippen LogP contribution in [0.5, 0.6) is 5.75 Å². The molecule has 4 heteroatoms.